The van der Waals surface area contributed by atoms with E-state index in [0.29, 0.717) is 11.0 Å². The molecule has 0 amide bonds. The van der Waals surface area contributed by atoms with Gasteiger partial charge in [-0.2, -0.15) is 0 Å². The summed E-state index contributed by atoms with van der Waals surface area (Å²) in [7, 11) is 0. The smallest absolute Gasteiger partial charge is 0.149 e. The van der Waals surface area contributed by atoms with Gasteiger partial charge in [-0.1, -0.05) is 39.8 Å². The molecule has 0 N–H and O–H groups in total. The van der Waals surface area contributed by atoms with Crippen LogP contribution in [-0.4, -0.2) is 19.9 Å². The molecular weight excluding hydrogens is 358 g/mol. The van der Waals surface area contributed by atoms with Crippen molar-refractivity contribution in [1.82, 2.24) is 19.9 Å². The second-order valence-electron chi connectivity index (χ2n) is 6.17. The van der Waals surface area contributed by atoms with Gasteiger partial charge in [0.1, 0.15) is 29.8 Å². The normalized spacial score (nSPS) is 10.3. The number of aryl methyl sites for hydroxylation is 1. The van der Waals surface area contributed by atoms with Gasteiger partial charge < -0.3 is 0 Å². The highest BCUT2D eigenvalue weighted by atomic mass is 19.1. The van der Waals surface area contributed by atoms with Crippen molar-refractivity contribution in [2.75, 3.05) is 0 Å². The number of para-hydroxylation sites is 1. The fourth-order valence-electron chi connectivity index (χ4n) is 2.70. The molecule has 4 rings (SSSR count). The maximum absolute atomic E-state index is 13.3. The summed E-state index contributed by atoms with van der Waals surface area (Å²) >= 11 is 0. The van der Waals surface area contributed by atoms with Crippen LogP contribution in [0.15, 0.2) is 49.1 Å². The lowest BCUT2D eigenvalue weighted by atomic mass is 10.0. The van der Waals surface area contributed by atoms with Crippen LogP contribution in [0.2, 0.25) is 0 Å². The maximum atomic E-state index is 13.3. The van der Waals surface area contributed by atoms with Crippen molar-refractivity contribution >= 4 is 21.8 Å². The molecule has 0 aliphatic rings. The topological polar surface area (TPSA) is 51.6 Å². The van der Waals surface area contributed by atoms with Gasteiger partial charge in [0.2, 0.25) is 0 Å². The Balaban J connectivity index is 0.000000186. The van der Waals surface area contributed by atoms with E-state index in [-0.39, 0.29) is 17.6 Å². The fraction of sp³-hybridized carbons (Fsp3) is 0.273. The Hall–Kier alpha value is -3.02. The molecule has 4 aromatic rings. The molecule has 0 bridgehead atoms. The van der Waals surface area contributed by atoms with E-state index >= 15 is 0 Å². The number of benzene rings is 2. The van der Waals surface area contributed by atoms with Crippen molar-refractivity contribution in [3.8, 4) is 0 Å². The van der Waals surface area contributed by atoms with Gasteiger partial charge in [0.25, 0.3) is 0 Å². The summed E-state index contributed by atoms with van der Waals surface area (Å²) in [5.74, 6) is -0.269. The van der Waals surface area contributed by atoms with Gasteiger partial charge in [-0.25, -0.2) is 28.7 Å². The first-order chi connectivity index (χ1) is 13.5. The van der Waals surface area contributed by atoms with Gasteiger partial charge in [0.15, 0.2) is 0 Å². The van der Waals surface area contributed by atoms with E-state index in [0.717, 1.165) is 22.2 Å². The molecule has 0 aliphatic carbocycles. The molecule has 0 unspecified atom stereocenters. The molecule has 0 radical (unpaired) electrons. The van der Waals surface area contributed by atoms with Gasteiger partial charge in [-0.05, 0) is 31.0 Å². The summed E-state index contributed by atoms with van der Waals surface area (Å²) in [6.07, 6.45) is 2.86. The summed E-state index contributed by atoms with van der Waals surface area (Å²) in [6.45, 7) is 9.95. The molecule has 6 heteroatoms. The van der Waals surface area contributed by atoms with E-state index in [2.05, 4.69) is 19.9 Å². The van der Waals surface area contributed by atoms with E-state index in [9.17, 15) is 8.78 Å². The number of hydrogen-bond donors (Lipinski definition) is 0. The number of nitrogens with zero attached hydrogens (tertiary/aromatic N) is 4. The Morgan fingerprint density at radius 1 is 0.821 bits per heavy atom. The van der Waals surface area contributed by atoms with Crippen molar-refractivity contribution in [3.05, 3.63) is 72.1 Å². The standard InChI is InChI=1S/C11H11FN2.C9H7FN2.C2H6/c1-7(2)10-8-4-3-5-9(12)11(8)14-6-13-10;1-6-8-3-2-7(10)4-9(8)12-5-11-6;1-2/h3-7H,1-2H3;2-5H,1H3;1-2H3. The first kappa shape index (κ1) is 21.3. The molecule has 0 atom stereocenters. The van der Waals surface area contributed by atoms with Crippen LogP contribution in [0.25, 0.3) is 21.8 Å². The second kappa shape index (κ2) is 9.78. The fourth-order valence-corrected chi connectivity index (χ4v) is 2.70. The average molecular weight is 382 g/mol. The largest absolute Gasteiger partial charge is 0.241 e. The molecule has 2 heterocycles. The predicted molar refractivity (Wildman–Crippen MR) is 109 cm³/mol. The lowest BCUT2D eigenvalue weighted by Gasteiger charge is -2.07. The molecule has 0 saturated carbocycles. The monoisotopic (exact) mass is 382 g/mol. The van der Waals surface area contributed by atoms with Gasteiger partial charge in [0.05, 0.1) is 11.2 Å². The molecule has 2 aromatic carbocycles. The quantitative estimate of drug-likeness (QED) is 0.405. The number of fused-ring (bicyclic) bond motifs is 2. The third-order valence-corrected chi connectivity index (χ3v) is 3.99. The third-order valence-electron chi connectivity index (χ3n) is 3.99. The summed E-state index contributed by atoms with van der Waals surface area (Å²) in [5, 5.41) is 1.71. The molecule has 28 heavy (non-hydrogen) atoms. The average Bonchev–Trinajstić information content (AvgIpc) is 2.70. The lowest BCUT2D eigenvalue weighted by Crippen LogP contribution is -1.96. The summed E-state index contributed by atoms with van der Waals surface area (Å²) in [4.78, 5) is 16.1. The maximum Gasteiger partial charge on any atom is 0.149 e. The van der Waals surface area contributed by atoms with Gasteiger partial charge in [-0.15, -0.1) is 0 Å². The second-order valence-corrected chi connectivity index (χ2v) is 6.17. The predicted octanol–water partition coefficient (Wildman–Crippen LogP) is 6.00. The van der Waals surface area contributed by atoms with Gasteiger partial charge in [-0.3, -0.25) is 0 Å². The van der Waals surface area contributed by atoms with Crippen LogP contribution in [0.5, 0.6) is 0 Å². The van der Waals surface area contributed by atoms with E-state index in [4.69, 9.17) is 0 Å². The van der Waals surface area contributed by atoms with Crippen LogP contribution in [0, 0.1) is 18.6 Å². The van der Waals surface area contributed by atoms with Crippen LogP contribution in [-0.2, 0) is 0 Å². The number of aromatic nitrogens is 4. The van der Waals surface area contributed by atoms with Crippen molar-refractivity contribution in [2.45, 2.75) is 40.5 Å². The highest BCUT2D eigenvalue weighted by molar-refractivity contribution is 5.81. The Morgan fingerprint density at radius 3 is 2.25 bits per heavy atom. The first-order valence-corrected chi connectivity index (χ1v) is 9.23. The van der Waals surface area contributed by atoms with Crippen LogP contribution in [0.1, 0.15) is 45.0 Å². The van der Waals surface area contributed by atoms with Crippen LogP contribution in [0.4, 0.5) is 8.78 Å². The van der Waals surface area contributed by atoms with E-state index in [1.165, 1.54) is 30.9 Å². The summed E-state index contributed by atoms with van der Waals surface area (Å²) in [5.41, 5.74) is 2.84. The van der Waals surface area contributed by atoms with E-state index < -0.39 is 0 Å². The minimum atomic E-state index is -0.285. The number of rotatable bonds is 1. The van der Waals surface area contributed by atoms with Crippen LogP contribution in [0.3, 0.4) is 0 Å². The van der Waals surface area contributed by atoms with Gasteiger partial charge >= 0.3 is 0 Å². The summed E-state index contributed by atoms with van der Waals surface area (Å²) in [6, 6.07) is 9.48. The van der Waals surface area contributed by atoms with Crippen molar-refractivity contribution in [2.24, 2.45) is 0 Å². The molecule has 2 aromatic heterocycles. The zero-order chi connectivity index (χ0) is 20.7. The number of hydrogen-bond acceptors (Lipinski definition) is 4. The zero-order valence-electron chi connectivity index (χ0n) is 16.7. The molecule has 0 fully saturated rings. The highest BCUT2D eigenvalue weighted by Crippen LogP contribution is 2.22. The minimum Gasteiger partial charge on any atom is -0.241 e. The SMILES string of the molecule is CC.CC(C)c1ncnc2c(F)cccc12.Cc1ncnc2cc(F)ccc12. The lowest BCUT2D eigenvalue weighted by molar-refractivity contribution is 0.629. The zero-order valence-corrected chi connectivity index (χ0v) is 16.7. The summed E-state index contributed by atoms with van der Waals surface area (Å²) < 4.78 is 26.0. The Morgan fingerprint density at radius 2 is 1.54 bits per heavy atom. The Labute approximate surface area is 163 Å². The molecule has 0 spiro atoms. The van der Waals surface area contributed by atoms with Crippen molar-refractivity contribution < 1.29 is 8.78 Å². The van der Waals surface area contributed by atoms with E-state index in [1.807, 2.05) is 40.7 Å². The Bertz CT molecular complexity index is 1060. The van der Waals surface area contributed by atoms with E-state index in [1.54, 1.807) is 12.1 Å². The van der Waals surface area contributed by atoms with Crippen molar-refractivity contribution in [3.63, 3.8) is 0 Å². The van der Waals surface area contributed by atoms with Crippen LogP contribution < -0.4 is 0 Å². The van der Waals surface area contributed by atoms with Gasteiger partial charge in [0, 0.05) is 22.5 Å². The van der Waals surface area contributed by atoms with Crippen molar-refractivity contribution in [1.29, 1.82) is 0 Å². The third kappa shape index (κ3) is 4.82. The Kier molecular flexibility index (Phi) is 7.44. The molecular formula is C22H24F2N4. The minimum absolute atomic E-state index is 0.263. The highest BCUT2D eigenvalue weighted by Gasteiger charge is 2.09. The molecule has 0 aliphatic heterocycles. The molecule has 146 valence electrons. The molecule has 0 saturated heterocycles. The van der Waals surface area contributed by atoms with Crippen LogP contribution >= 0.6 is 0 Å². The molecule has 4 nitrogen and oxygen atoms in total. The first-order valence-electron chi connectivity index (χ1n) is 9.23. The number of halogens is 2.